The van der Waals surface area contributed by atoms with Gasteiger partial charge in [-0.25, -0.2) is 12.8 Å². The van der Waals surface area contributed by atoms with E-state index in [1.807, 2.05) is 11.8 Å². The number of piperazine rings is 1. The standard InChI is InChI=1S/C20H30FN3O3S/c1-15-12-16(2)14-23(13-15)20(25)17(3)22-8-10-24(11-9-22)28(26,27)19-6-4-18(21)5-7-19/h4-7,15-17H,8-14H2,1-3H3. The van der Waals surface area contributed by atoms with Gasteiger partial charge in [0.1, 0.15) is 5.82 Å². The van der Waals surface area contributed by atoms with Gasteiger partial charge in [0.05, 0.1) is 10.9 Å². The molecule has 0 radical (unpaired) electrons. The van der Waals surface area contributed by atoms with Crippen LogP contribution in [0.25, 0.3) is 0 Å². The van der Waals surface area contributed by atoms with E-state index in [1.54, 1.807) is 0 Å². The van der Waals surface area contributed by atoms with Crippen LogP contribution >= 0.6 is 0 Å². The third-order valence-corrected chi connectivity index (χ3v) is 7.72. The first-order valence-corrected chi connectivity index (χ1v) is 11.4. The summed E-state index contributed by atoms with van der Waals surface area (Å²) < 4.78 is 40.0. The van der Waals surface area contributed by atoms with E-state index in [9.17, 15) is 17.6 Å². The molecule has 0 bridgehead atoms. The van der Waals surface area contributed by atoms with Crippen molar-refractivity contribution in [1.82, 2.24) is 14.1 Å². The van der Waals surface area contributed by atoms with Crippen molar-refractivity contribution in [1.29, 1.82) is 0 Å². The molecule has 0 spiro atoms. The highest BCUT2D eigenvalue weighted by Gasteiger charge is 2.34. The quantitative estimate of drug-likeness (QED) is 0.761. The molecule has 0 N–H and O–H groups in total. The monoisotopic (exact) mass is 411 g/mol. The lowest BCUT2D eigenvalue weighted by atomic mass is 9.91. The summed E-state index contributed by atoms with van der Waals surface area (Å²) in [5.74, 6) is 0.695. The van der Waals surface area contributed by atoms with E-state index in [0.29, 0.717) is 38.0 Å². The number of amides is 1. The zero-order valence-corrected chi connectivity index (χ0v) is 17.7. The smallest absolute Gasteiger partial charge is 0.243 e. The van der Waals surface area contributed by atoms with Gasteiger partial charge in [0.25, 0.3) is 0 Å². The Morgan fingerprint density at radius 1 is 1.04 bits per heavy atom. The second kappa shape index (κ2) is 8.47. The molecule has 1 aromatic rings. The van der Waals surface area contributed by atoms with Crippen molar-refractivity contribution in [3.8, 4) is 0 Å². The number of nitrogens with zero attached hydrogens (tertiary/aromatic N) is 3. The third-order valence-electron chi connectivity index (χ3n) is 5.81. The lowest BCUT2D eigenvalue weighted by Gasteiger charge is -2.41. The second-order valence-electron chi connectivity index (χ2n) is 8.26. The summed E-state index contributed by atoms with van der Waals surface area (Å²) in [4.78, 5) is 17.1. The van der Waals surface area contributed by atoms with Crippen LogP contribution in [0.4, 0.5) is 4.39 Å². The number of piperidine rings is 1. The topological polar surface area (TPSA) is 60.9 Å². The highest BCUT2D eigenvalue weighted by Crippen LogP contribution is 2.23. The maximum Gasteiger partial charge on any atom is 0.243 e. The summed E-state index contributed by atoms with van der Waals surface area (Å²) >= 11 is 0. The normalized spacial score (nSPS) is 26.2. The van der Waals surface area contributed by atoms with E-state index in [4.69, 9.17) is 0 Å². The molecule has 2 heterocycles. The zero-order valence-electron chi connectivity index (χ0n) is 16.8. The molecule has 0 aromatic heterocycles. The lowest BCUT2D eigenvalue weighted by molar-refractivity contribution is -0.139. The highest BCUT2D eigenvalue weighted by atomic mass is 32.2. The van der Waals surface area contributed by atoms with Crippen LogP contribution in [-0.2, 0) is 14.8 Å². The molecule has 2 saturated heterocycles. The van der Waals surface area contributed by atoms with Crippen LogP contribution in [0, 0.1) is 17.7 Å². The number of carbonyl (C=O) groups is 1. The average Bonchev–Trinajstić information content (AvgIpc) is 2.66. The Balaban J connectivity index is 1.60. The molecule has 3 rings (SSSR count). The fourth-order valence-corrected chi connectivity index (χ4v) is 5.77. The molecule has 0 aliphatic carbocycles. The molecule has 2 fully saturated rings. The molecule has 2 aliphatic heterocycles. The maximum absolute atomic E-state index is 13.1. The number of rotatable bonds is 4. The Morgan fingerprint density at radius 3 is 2.11 bits per heavy atom. The summed E-state index contributed by atoms with van der Waals surface area (Å²) in [5, 5.41) is 0. The largest absolute Gasteiger partial charge is 0.341 e. The first kappa shape index (κ1) is 21.2. The van der Waals surface area contributed by atoms with Crippen molar-refractivity contribution in [3.05, 3.63) is 30.1 Å². The molecule has 8 heteroatoms. The first-order chi connectivity index (χ1) is 13.2. The molecule has 0 saturated carbocycles. The van der Waals surface area contributed by atoms with Gasteiger partial charge in [-0.2, -0.15) is 4.31 Å². The van der Waals surface area contributed by atoms with Crippen molar-refractivity contribution < 1.29 is 17.6 Å². The summed E-state index contributed by atoms with van der Waals surface area (Å²) in [7, 11) is -3.64. The summed E-state index contributed by atoms with van der Waals surface area (Å²) in [5.41, 5.74) is 0. The fourth-order valence-electron chi connectivity index (χ4n) is 4.35. The molecular weight excluding hydrogens is 381 g/mol. The van der Waals surface area contributed by atoms with Crippen molar-refractivity contribution >= 4 is 15.9 Å². The Morgan fingerprint density at radius 2 is 1.57 bits per heavy atom. The SMILES string of the molecule is CC1CC(C)CN(C(=O)C(C)N2CCN(S(=O)(=O)c3ccc(F)cc3)CC2)C1. The van der Waals surface area contributed by atoms with Crippen LogP contribution < -0.4 is 0 Å². The van der Waals surface area contributed by atoms with Crippen molar-refractivity contribution in [3.63, 3.8) is 0 Å². The van der Waals surface area contributed by atoms with Gasteiger partial charge in [0, 0.05) is 39.3 Å². The minimum absolute atomic E-state index is 0.0998. The molecule has 3 atom stereocenters. The first-order valence-electron chi connectivity index (χ1n) is 9.97. The number of halogens is 1. The van der Waals surface area contributed by atoms with Crippen LogP contribution in [-0.4, -0.2) is 73.7 Å². The van der Waals surface area contributed by atoms with Crippen molar-refractivity contribution in [2.24, 2.45) is 11.8 Å². The molecule has 6 nitrogen and oxygen atoms in total. The molecule has 156 valence electrons. The van der Waals surface area contributed by atoms with Crippen LogP contribution in [0.3, 0.4) is 0 Å². The van der Waals surface area contributed by atoms with Gasteiger partial charge in [0.2, 0.25) is 15.9 Å². The molecule has 1 amide bonds. The lowest BCUT2D eigenvalue weighted by Crippen LogP contribution is -2.56. The van der Waals surface area contributed by atoms with Crippen LogP contribution in [0.15, 0.2) is 29.2 Å². The van der Waals surface area contributed by atoms with Gasteiger partial charge < -0.3 is 4.90 Å². The van der Waals surface area contributed by atoms with Gasteiger partial charge in [-0.05, 0) is 49.4 Å². The van der Waals surface area contributed by atoms with E-state index in [-0.39, 0.29) is 16.8 Å². The summed E-state index contributed by atoms with van der Waals surface area (Å²) in [6, 6.07) is 4.65. The predicted molar refractivity (Wildman–Crippen MR) is 106 cm³/mol. The Bertz CT molecular complexity index is 781. The van der Waals surface area contributed by atoms with Crippen LogP contribution in [0.5, 0.6) is 0 Å². The molecular formula is C20H30FN3O3S. The number of benzene rings is 1. The summed E-state index contributed by atoms with van der Waals surface area (Å²) in [6.07, 6.45) is 1.15. The summed E-state index contributed by atoms with van der Waals surface area (Å²) in [6.45, 7) is 9.53. The molecule has 28 heavy (non-hydrogen) atoms. The number of hydrogen-bond donors (Lipinski definition) is 0. The molecule has 3 unspecified atom stereocenters. The van der Waals surface area contributed by atoms with E-state index in [0.717, 1.165) is 31.6 Å². The number of carbonyl (C=O) groups excluding carboxylic acids is 1. The Labute approximate surface area is 167 Å². The molecule has 2 aliphatic rings. The minimum atomic E-state index is -3.64. The van der Waals surface area contributed by atoms with Crippen LogP contribution in [0.1, 0.15) is 27.2 Å². The van der Waals surface area contributed by atoms with Crippen LogP contribution in [0.2, 0.25) is 0 Å². The fraction of sp³-hybridized carbons (Fsp3) is 0.650. The number of likely N-dealkylation sites (tertiary alicyclic amines) is 1. The number of sulfonamides is 1. The van der Waals surface area contributed by atoms with Gasteiger partial charge in [0.15, 0.2) is 0 Å². The third kappa shape index (κ3) is 4.55. The predicted octanol–water partition coefficient (Wildman–Crippen LogP) is 2.02. The van der Waals surface area contributed by atoms with E-state index >= 15 is 0 Å². The second-order valence-corrected chi connectivity index (χ2v) is 10.2. The zero-order chi connectivity index (χ0) is 20.5. The van der Waals surface area contributed by atoms with Gasteiger partial charge >= 0.3 is 0 Å². The van der Waals surface area contributed by atoms with E-state index < -0.39 is 15.8 Å². The van der Waals surface area contributed by atoms with Gasteiger partial charge in [-0.1, -0.05) is 13.8 Å². The van der Waals surface area contributed by atoms with Gasteiger partial charge in [-0.15, -0.1) is 0 Å². The maximum atomic E-state index is 13.1. The Hall–Kier alpha value is -1.51. The molecule has 1 aromatic carbocycles. The Kier molecular flexibility index (Phi) is 6.41. The minimum Gasteiger partial charge on any atom is -0.341 e. The average molecular weight is 412 g/mol. The van der Waals surface area contributed by atoms with E-state index in [2.05, 4.69) is 18.7 Å². The van der Waals surface area contributed by atoms with E-state index in [1.165, 1.54) is 16.4 Å². The van der Waals surface area contributed by atoms with Crippen molar-refractivity contribution in [2.75, 3.05) is 39.3 Å². The van der Waals surface area contributed by atoms with Gasteiger partial charge in [-0.3, -0.25) is 9.69 Å². The number of hydrogen-bond acceptors (Lipinski definition) is 4. The highest BCUT2D eigenvalue weighted by molar-refractivity contribution is 7.89. The van der Waals surface area contributed by atoms with Crippen molar-refractivity contribution in [2.45, 2.75) is 38.1 Å².